The van der Waals surface area contributed by atoms with E-state index in [4.69, 9.17) is 0 Å². The number of anilines is 2. The molecule has 1 fully saturated rings. The maximum atomic E-state index is 13.1. The molecule has 0 aliphatic carbocycles. The van der Waals surface area contributed by atoms with Crippen molar-refractivity contribution in [1.82, 2.24) is 0 Å². The zero-order valence-corrected chi connectivity index (χ0v) is 17.9. The van der Waals surface area contributed by atoms with Gasteiger partial charge < -0.3 is 20.4 Å². The van der Waals surface area contributed by atoms with Crippen LogP contribution >= 0.6 is 0 Å². The summed E-state index contributed by atoms with van der Waals surface area (Å²) in [6, 6.07) is 19.3. The van der Waals surface area contributed by atoms with Crippen LogP contribution in [0.3, 0.4) is 0 Å². The number of carboxylic acid groups (broad SMARTS) is 1. The number of nitrogens with zero attached hydrogens (tertiary/aromatic N) is 1. The van der Waals surface area contributed by atoms with Crippen molar-refractivity contribution in [3.8, 4) is 16.9 Å². The number of piperidine rings is 1. The van der Waals surface area contributed by atoms with Crippen LogP contribution < -0.4 is 10.2 Å². The molecule has 0 aromatic heterocycles. The molecule has 1 atom stereocenters. The van der Waals surface area contributed by atoms with E-state index >= 15 is 0 Å². The van der Waals surface area contributed by atoms with Crippen molar-refractivity contribution in [2.45, 2.75) is 19.8 Å². The molecule has 3 aromatic carbocycles. The molecule has 6 heteroatoms. The number of phenols is 1. The van der Waals surface area contributed by atoms with Crippen LogP contribution in [-0.4, -0.2) is 35.2 Å². The van der Waals surface area contributed by atoms with E-state index in [0.717, 1.165) is 36.3 Å². The molecule has 0 radical (unpaired) electrons. The van der Waals surface area contributed by atoms with Crippen molar-refractivity contribution >= 4 is 23.3 Å². The second-order valence-electron chi connectivity index (χ2n) is 8.28. The maximum absolute atomic E-state index is 13.1. The third-order valence-electron chi connectivity index (χ3n) is 5.85. The quantitative estimate of drug-likeness (QED) is 0.515. The second-order valence-corrected chi connectivity index (χ2v) is 8.28. The Morgan fingerprint density at radius 1 is 0.969 bits per heavy atom. The molecule has 1 unspecified atom stereocenters. The Morgan fingerprint density at radius 2 is 1.75 bits per heavy atom. The molecule has 4 rings (SSSR count). The van der Waals surface area contributed by atoms with Gasteiger partial charge in [0.1, 0.15) is 5.75 Å². The van der Waals surface area contributed by atoms with Crippen LogP contribution in [0.4, 0.5) is 11.4 Å². The molecule has 6 nitrogen and oxygen atoms in total. The average Bonchev–Trinajstić information content (AvgIpc) is 2.79. The summed E-state index contributed by atoms with van der Waals surface area (Å²) in [5.74, 6) is -1.27. The van der Waals surface area contributed by atoms with E-state index < -0.39 is 11.9 Å². The van der Waals surface area contributed by atoms with Crippen LogP contribution in [0.1, 0.15) is 40.5 Å². The van der Waals surface area contributed by atoms with Gasteiger partial charge in [-0.1, -0.05) is 43.3 Å². The van der Waals surface area contributed by atoms with Crippen molar-refractivity contribution in [2.24, 2.45) is 5.92 Å². The van der Waals surface area contributed by atoms with Gasteiger partial charge in [0.25, 0.3) is 5.91 Å². The Balaban J connectivity index is 1.65. The molecule has 3 aromatic rings. The first-order valence-corrected chi connectivity index (χ1v) is 10.7. The number of rotatable bonds is 5. The number of phenolic OH excluding ortho intramolecular Hbond substituents is 1. The normalized spacial score (nSPS) is 15.9. The smallest absolute Gasteiger partial charge is 0.337 e. The minimum Gasteiger partial charge on any atom is -0.507 e. The lowest BCUT2D eigenvalue weighted by atomic mass is 9.99. The fourth-order valence-corrected chi connectivity index (χ4v) is 4.16. The summed E-state index contributed by atoms with van der Waals surface area (Å²) in [6.45, 7) is 4.00. The van der Waals surface area contributed by atoms with Gasteiger partial charge >= 0.3 is 5.97 Å². The summed E-state index contributed by atoms with van der Waals surface area (Å²) in [5, 5.41) is 22.6. The van der Waals surface area contributed by atoms with Gasteiger partial charge in [-0.15, -0.1) is 0 Å². The summed E-state index contributed by atoms with van der Waals surface area (Å²) in [6.07, 6.45) is 2.26. The third kappa shape index (κ3) is 4.59. The highest BCUT2D eigenvalue weighted by Crippen LogP contribution is 2.30. The fraction of sp³-hybridized carbons (Fsp3) is 0.231. The van der Waals surface area contributed by atoms with Crippen LogP contribution in [0.5, 0.6) is 5.75 Å². The second kappa shape index (κ2) is 9.14. The van der Waals surface area contributed by atoms with Crippen LogP contribution in [0.2, 0.25) is 0 Å². The summed E-state index contributed by atoms with van der Waals surface area (Å²) < 4.78 is 0. The molecule has 1 aliphatic rings. The lowest BCUT2D eigenvalue weighted by molar-refractivity contribution is 0.0698. The van der Waals surface area contributed by atoms with E-state index in [0.29, 0.717) is 5.92 Å². The van der Waals surface area contributed by atoms with Crippen molar-refractivity contribution in [3.63, 3.8) is 0 Å². The molecule has 1 heterocycles. The van der Waals surface area contributed by atoms with Crippen molar-refractivity contribution < 1.29 is 19.8 Å². The zero-order valence-electron chi connectivity index (χ0n) is 17.9. The lowest BCUT2D eigenvalue weighted by Gasteiger charge is -2.33. The lowest BCUT2D eigenvalue weighted by Crippen LogP contribution is -2.34. The van der Waals surface area contributed by atoms with E-state index in [2.05, 4.69) is 17.1 Å². The van der Waals surface area contributed by atoms with Crippen LogP contribution in [-0.2, 0) is 0 Å². The number of nitrogens with one attached hydrogen (secondary N) is 1. The highest BCUT2D eigenvalue weighted by atomic mass is 16.4. The van der Waals surface area contributed by atoms with Gasteiger partial charge in [0.15, 0.2) is 0 Å². The number of aromatic hydroxyl groups is 1. The monoisotopic (exact) mass is 430 g/mol. The first-order chi connectivity index (χ1) is 15.4. The minimum atomic E-state index is -1.14. The van der Waals surface area contributed by atoms with Gasteiger partial charge in [0.05, 0.1) is 16.8 Å². The van der Waals surface area contributed by atoms with Gasteiger partial charge in [0, 0.05) is 18.8 Å². The van der Waals surface area contributed by atoms with Crippen molar-refractivity contribution in [3.05, 3.63) is 77.9 Å². The molecule has 1 amide bonds. The van der Waals surface area contributed by atoms with Gasteiger partial charge in [-0.05, 0) is 60.2 Å². The standard InChI is InChI=1S/C26H26N2O4/c1-17-6-5-13-28(16-17)20-10-12-24(29)22(15-20)25(30)27-23-14-19(9-11-21(23)26(31)32)18-7-3-2-4-8-18/h2-4,7-12,14-15,17,29H,5-6,13,16H2,1H3,(H,27,30)(H,31,32). The number of benzene rings is 3. The van der Waals surface area contributed by atoms with Gasteiger partial charge in [0.2, 0.25) is 0 Å². The van der Waals surface area contributed by atoms with Crippen LogP contribution in [0.15, 0.2) is 66.7 Å². The van der Waals surface area contributed by atoms with E-state index in [1.807, 2.05) is 36.4 Å². The Hall–Kier alpha value is -3.80. The number of aromatic carboxylic acids is 1. The summed E-state index contributed by atoms with van der Waals surface area (Å²) in [4.78, 5) is 27.0. The first kappa shape index (κ1) is 21.4. The number of carbonyl (C=O) groups is 2. The number of amides is 1. The van der Waals surface area contributed by atoms with Crippen LogP contribution in [0, 0.1) is 5.92 Å². The molecule has 1 aliphatic heterocycles. The number of hydrogen-bond acceptors (Lipinski definition) is 4. The Kier molecular flexibility index (Phi) is 6.12. The zero-order chi connectivity index (χ0) is 22.7. The molecule has 0 saturated carbocycles. The maximum Gasteiger partial charge on any atom is 0.337 e. The predicted molar refractivity (Wildman–Crippen MR) is 126 cm³/mol. The molecule has 0 bridgehead atoms. The van der Waals surface area contributed by atoms with Crippen LogP contribution in [0.25, 0.3) is 11.1 Å². The van der Waals surface area contributed by atoms with Gasteiger partial charge in [-0.2, -0.15) is 0 Å². The SMILES string of the molecule is CC1CCCN(c2ccc(O)c(C(=O)Nc3cc(-c4ccccc4)ccc3C(=O)O)c2)C1. The average molecular weight is 431 g/mol. The molecular weight excluding hydrogens is 404 g/mol. The third-order valence-corrected chi connectivity index (χ3v) is 5.85. The molecule has 0 spiro atoms. The molecule has 164 valence electrons. The van der Waals surface area contributed by atoms with Crippen molar-refractivity contribution in [2.75, 3.05) is 23.3 Å². The summed E-state index contributed by atoms with van der Waals surface area (Å²) >= 11 is 0. The first-order valence-electron chi connectivity index (χ1n) is 10.7. The van der Waals surface area contributed by atoms with E-state index in [9.17, 15) is 19.8 Å². The minimum absolute atomic E-state index is 0.0152. The summed E-state index contributed by atoms with van der Waals surface area (Å²) in [7, 11) is 0. The Labute approximate surface area is 187 Å². The number of carbonyl (C=O) groups excluding carboxylic acids is 1. The summed E-state index contributed by atoms with van der Waals surface area (Å²) in [5.41, 5.74) is 2.84. The number of carboxylic acids is 1. The highest BCUT2D eigenvalue weighted by Gasteiger charge is 2.21. The van der Waals surface area contributed by atoms with E-state index in [1.165, 1.54) is 18.6 Å². The Bertz CT molecular complexity index is 1140. The Morgan fingerprint density at radius 3 is 2.47 bits per heavy atom. The predicted octanol–water partition coefficient (Wildman–Crippen LogP) is 5.25. The fourth-order valence-electron chi connectivity index (χ4n) is 4.16. The van der Waals surface area contributed by atoms with Gasteiger partial charge in [-0.3, -0.25) is 4.79 Å². The molecule has 1 saturated heterocycles. The topological polar surface area (TPSA) is 89.9 Å². The highest BCUT2D eigenvalue weighted by molar-refractivity contribution is 6.10. The molecular formula is C26H26N2O4. The number of hydrogen-bond donors (Lipinski definition) is 3. The van der Waals surface area contributed by atoms with Crippen molar-refractivity contribution in [1.29, 1.82) is 0 Å². The molecule has 3 N–H and O–H groups in total. The van der Waals surface area contributed by atoms with E-state index in [1.54, 1.807) is 18.2 Å². The van der Waals surface area contributed by atoms with E-state index in [-0.39, 0.29) is 22.6 Å². The molecule has 32 heavy (non-hydrogen) atoms. The largest absolute Gasteiger partial charge is 0.507 e. The van der Waals surface area contributed by atoms with Gasteiger partial charge in [-0.25, -0.2) is 4.79 Å².